The number of halogens is 2. The fraction of sp³-hybridized carbons (Fsp3) is 0.188. The summed E-state index contributed by atoms with van der Waals surface area (Å²) in [5.74, 6) is -0.377. The summed E-state index contributed by atoms with van der Waals surface area (Å²) < 4.78 is 19.0. The summed E-state index contributed by atoms with van der Waals surface area (Å²) >= 11 is 5.75. The molecule has 0 radical (unpaired) electrons. The van der Waals surface area contributed by atoms with E-state index in [4.69, 9.17) is 16.3 Å². The van der Waals surface area contributed by atoms with Gasteiger partial charge in [0.05, 0.1) is 12.1 Å². The fourth-order valence-electron chi connectivity index (χ4n) is 1.81. The van der Waals surface area contributed by atoms with Gasteiger partial charge in [0.1, 0.15) is 18.2 Å². The second-order valence-electron chi connectivity index (χ2n) is 4.55. The van der Waals surface area contributed by atoms with E-state index in [0.717, 1.165) is 11.3 Å². The van der Waals surface area contributed by atoms with Crippen molar-refractivity contribution in [3.05, 3.63) is 64.4 Å². The number of carbonyl (C=O) groups excluding carboxylic acids is 1. The van der Waals surface area contributed by atoms with E-state index >= 15 is 0 Å². The molecule has 0 saturated heterocycles. The van der Waals surface area contributed by atoms with Crippen LogP contribution >= 0.6 is 11.6 Å². The van der Waals surface area contributed by atoms with E-state index in [-0.39, 0.29) is 12.1 Å². The first kappa shape index (κ1) is 15.3. The van der Waals surface area contributed by atoms with Crippen molar-refractivity contribution in [3.63, 3.8) is 0 Å². The monoisotopic (exact) mass is 307 g/mol. The van der Waals surface area contributed by atoms with Crippen LogP contribution in [-0.4, -0.2) is 19.1 Å². The first-order valence-corrected chi connectivity index (χ1v) is 6.87. The molecule has 0 aliphatic rings. The van der Waals surface area contributed by atoms with Crippen molar-refractivity contribution in [2.24, 2.45) is 0 Å². The molecule has 21 heavy (non-hydrogen) atoms. The third kappa shape index (κ3) is 4.46. The van der Waals surface area contributed by atoms with E-state index < -0.39 is 11.7 Å². The van der Waals surface area contributed by atoms with Gasteiger partial charge in [0.25, 0.3) is 5.91 Å². The maximum atomic E-state index is 13.5. The van der Waals surface area contributed by atoms with Crippen LogP contribution in [0.4, 0.5) is 4.39 Å². The van der Waals surface area contributed by atoms with Crippen molar-refractivity contribution < 1.29 is 13.9 Å². The van der Waals surface area contributed by atoms with Crippen LogP contribution in [0.3, 0.4) is 0 Å². The molecule has 1 amide bonds. The topological polar surface area (TPSA) is 38.3 Å². The maximum absolute atomic E-state index is 13.5. The third-order valence-electron chi connectivity index (χ3n) is 2.82. The fourth-order valence-corrected chi connectivity index (χ4v) is 1.98. The Balaban J connectivity index is 1.83. The molecule has 1 N–H and O–H groups in total. The second kappa shape index (κ2) is 7.09. The molecule has 0 atom stereocenters. The van der Waals surface area contributed by atoms with E-state index in [0.29, 0.717) is 11.6 Å². The summed E-state index contributed by atoms with van der Waals surface area (Å²) in [5, 5.41) is 2.91. The second-order valence-corrected chi connectivity index (χ2v) is 4.98. The first-order valence-electron chi connectivity index (χ1n) is 6.49. The van der Waals surface area contributed by atoms with Gasteiger partial charge in [-0.3, -0.25) is 4.79 Å². The summed E-state index contributed by atoms with van der Waals surface area (Å²) in [6, 6.07) is 11.5. The Morgan fingerprint density at radius 1 is 1.29 bits per heavy atom. The maximum Gasteiger partial charge on any atom is 0.254 e. The van der Waals surface area contributed by atoms with E-state index in [2.05, 4.69) is 5.32 Å². The predicted molar refractivity (Wildman–Crippen MR) is 80.4 cm³/mol. The van der Waals surface area contributed by atoms with Crippen molar-refractivity contribution in [1.29, 1.82) is 0 Å². The number of carbonyl (C=O) groups is 1. The zero-order valence-electron chi connectivity index (χ0n) is 11.5. The molecule has 0 bridgehead atoms. The molecule has 0 spiro atoms. The van der Waals surface area contributed by atoms with E-state index in [1.54, 1.807) is 0 Å². The number of benzene rings is 2. The standard InChI is InChI=1S/C16H15ClFNO2/c1-11-3-2-4-13(9-11)21-8-7-19-16(20)14-10-12(17)5-6-15(14)18/h2-6,9-10H,7-8H2,1H3,(H,19,20). The number of hydrogen-bond acceptors (Lipinski definition) is 2. The van der Waals surface area contributed by atoms with Gasteiger partial charge in [0, 0.05) is 5.02 Å². The molecule has 0 aliphatic heterocycles. The molecule has 0 unspecified atom stereocenters. The van der Waals surface area contributed by atoms with E-state index in [9.17, 15) is 9.18 Å². The molecule has 110 valence electrons. The van der Waals surface area contributed by atoms with Gasteiger partial charge >= 0.3 is 0 Å². The lowest BCUT2D eigenvalue weighted by Crippen LogP contribution is -2.28. The van der Waals surface area contributed by atoms with Crippen LogP contribution in [0.1, 0.15) is 15.9 Å². The molecule has 2 aromatic rings. The molecule has 3 nitrogen and oxygen atoms in total. The number of hydrogen-bond donors (Lipinski definition) is 1. The molecule has 2 rings (SSSR count). The molecule has 0 saturated carbocycles. The smallest absolute Gasteiger partial charge is 0.254 e. The average molecular weight is 308 g/mol. The van der Waals surface area contributed by atoms with Crippen LogP contribution in [0.25, 0.3) is 0 Å². The van der Waals surface area contributed by atoms with Gasteiger partial charge in [-0.05, 0) is 42.8 Å². The summed E-state index contributed by atoms with van der Waals surface area (Å²) in [6.45, 7) is 2.55. The molecule has 5 heteroatoms. The largest absolute Gasteiger partial charge is 0.492 e. The zero-order valence-corrected chi connectivity index (χ0v) is 12.3. The van der Waals surface area contributed by atoms with Crippen LogP contribution in [-0.2, 0) is 0 Å². The van der Waals surface area contributed by atoms with Gasteiger partial charge in [0.15, 0.2) is 0 Å². The van der Waals surface area contributed by atoms with Crippen molar-refractivity contribution >= 4 is 17.5 Å². The number of amides is 1. The Kier molecular flexibility index (Phi) is 5.17. The van der Waals surface area contributed by atoms with Gasteiger partial charge in [-0.25, -0.2) is 4.39 Å². The third-order valence-corrected chi connectivity index (χ3v) is 3.05. The van der Waals surface area contributed by atoms with Crippen molar-refractivity contribution in [2.45, 2.75) is 6.92 Å². The predicted octanol–water partition coefficient (Wildman–Crippen LogP) is 3.60. The van der Waals surface area contributed by atoms with Gasteiger partial charge in [0.2, 0.25) is 0 Å². The van der Waals surface area contributed by atoms with Crippen LogP contribution < -0.4 is 10.1 Å². The number of rotatable bonds is 5. The van der Waals surface area contributed by atoms with Crippen molar-refractivity contribution in [3.8, 4) is 5.75 Å². The lowest BCUT2D eigenvalue weighted by molar-refractivity contribution is 0.0943. The first-order chi connectivity index (χ1) is 10.1. The summed E-state index contributed by atoms with van der Waals surface area (Å²) in [6.07, 6.45) is 0. The minimum atomic E-state index is -0.600. The van der Waals surface area contributed by atoms with Gasteiger partial charge < -0.3 is 10.1 Å². The molecule has 0 fully saturated rings. The van der Waals surface area contributed by atoms with Crippen LogP contribution in [0.2, 0.25) is 5.02 Å². The number of aryl methyl sites for hydroxylation is 1. The Labute approximate surface area is 127 Å². The molecule has 0 aliphatic carbocycles. The molecule has 2 aromatic carbocycles. The molecule has 0 heterocycles. The Hall–Kier alpha value is -2.07. The van der Waals surface area contributed by atoms with Crippen molar-refractivity contribution in [2.75, 3.05) is 13.2 Å². The lowest BCUT2D eigenvalue weighted by atomic mass is 10.2. The lowest BCUT2D eigenvalue weighted by Gasteiger charge is -2.09. The van der Waals surface area contributed by atoms with Gasteiger partial charge in [-0.1, -0.05) is 23.7 Å². The zero-order chi connectivity index (χ0) is 15.2. The van der Waals surface area contributed by atoms with Crippen molar-refractivity contribution in [1.82, 2.24) is 5.32 Å². The Morgan fingerprint density at radius 3 is 2.86 bits per heavy atom. The highest BCUT2D eigenvalue weighted by molar-refractivity contribution is 6.30. The summed E-state index contributed by atoms with van der Waals surface area (Å²) in [4.78, 5) is 11.8. The Morgan fingerprint density at radius 2 is 2.10 bits per heavy atom. The minimum absolute atomic E-state index is 0.0712. The quantitative estimate of drug-likeness (QED) is 0.857. The minimum Gasteiger partial charge on any atom is -0.492 e. The molecule has 0 aromatic heterocycles. The normalized spacial score (nSPS) is 10.2. The highest BCUT2D eigenvalue weighted by Crippen LogP contribution is 2.15. The van der Waals surface area contributed by atoms with Crippen LogP contribution in [0.5, 0.6) is 5.75 Å². The Bertz CT molecular complexity index is 646. The van der Waals surface area contributed by atoms with Crippen LogP contribution in [0, 0.1) is 12.7 Å². The summed E-state index contributed by atoms with van der Waals surface area (Å²) in [7, 11) is 0. The molecular formula is C16H15ClFNO2. The van der Waals surface area contributed by atoms with E-state index in [1.807, 2.05) is 31.2 Å². The average Bonchev–Trinajstić information content (AvgIpc) is 2.46. The SMILES string of the molecule is Cc1cccc(OCCNC(=O)c2cc(Cl)ccc2F)c1. The number of nitrogens with one attached hydrogen (secondary N) is 1. The van der Waals surface area contributed by atoms with Crippen LogP contribution in [0.15, 0.2) is 42.5 Å². The molecular weight excluding hydrogens is 293 g/mol. The highest BCUT2D eigenvalue weighted by atomic mass is 35.5. The van der Waals surface area contributed by atoms with Gasteiger partial charge in [-0.15, -0.1) is 0 Å². The van der Waals surface area contributed by atoms with E-state index in [1.165, 1.54) is 18.2 Å². The number of ether oxygens (including phenoxy) is 1. The van der Waals surface area contributed by atoms with Gasteiger partial charge in [-0.2, -0.15) is 0 Å². The summed E-state index contributed by atoms with van der Waals surface area (Å²) in [5.41, 5.74) is 1.02. The highest BCUT2D eigenvalue weighted by Gasteiger charge is 2.11.